The number of carbonyl (C=O) groups excluding carboxylic acids is 6. The van der Waals surface area contributed by atoms with Crippen LogP contribution < -0.4 is 32.6 Å². The average molecular weight is 796 g/mol. The number of aliphatic hydroxyl groups excluding tert-OH is 2. The maximum atomic E-state index is 13.7. The van der Waals surface area contributed by atoms with Gasteiger partial charge in [-0.15, -0.1) is 0 Å². The molecule has 4 amide bonds. The number of Topliss-reactive ketones (excluding diaryl/α,β-unsaturated/α-hetero) is 1. The fraction of sp³-hybridized carbons (Fsp3) is 0.667. The SMILES string of the molecule is CCCCCC(=O)NCCCC[C@@](N)(C(=O)CC[C@@H](NC(=O)[C@H](C)N(C(C)=O)C1O[C@H](CO)[C@@H](O)[C@H](O[C@H](C)C(=O)O)[C@H]1N)C(N)=O)C(=O)Oc1cccnc1. The number of unbranched alkanes of at least 4 members (excludes halogenated alkanes) is 3. The number of nitrogens with one attached hydrogen (secondary N) is 2. The summed E-state index contributed by atoms with van der Waals surface area (Å²) in [5.41, 5.74) is 16.1. The van der Waals surface area contributed by atoms with Crippen LogP contribution in [0.25, 0.3) is 0 Å². The normalized spacial score (nSPS) is 22.0. The maximum absolute atomic E-state index is 13.7. The number of carbonyl (C=O) groups is 7. The van der Waals surface area contributed by atoms with Crippen molar-refractivity contribution in [3.05, 3.63) is 24.5 Å². The number of nitrogens with two attached hydrogens (primary N) is 3. The van der Waals surface area contributed by atoms with Gasteiger partial charge < -0.3 is 62.3 Å². The number of ether oxygens (including phenoxy) is 3. The summed E-state index contributed by atoms with van der Waals surface area (Å²) < 4.78 is 16.5. The van der Waals surface area contributed by atoms with Crippen LogP contribution in [0.1, 0.15) is 85.5 Å². The van der Waals surface area contributed by atoms with Crippen molar-refractivity contribution in [3.8, 4) is 5.75 Å². The lowest BCUT2D eigenvalue weighted by Crippen LogP contribution is -2.70. The Hall–Kier alpha value is -4.60. The summed E-state index contributed by atoms with van der Waals surface area (Å²) in [5.74, 6) is -6.17. The molecule has 1 aliphatic rings. The van der Waals surface area contributed by atoms with E-state index in [0.29, 0.717) is 12.8 Å². The fourth-order valence-electron chi connectivity index (χ4n) is 6.04. The van der Waals surface area contributed by atoms with E-state index in [1.54, 1.807) is 0 Å². The monoisotopic (exact) mass is 795 g/mol. The van der Waals surface area contributed by atoms with Gasteiger partial charge in [0.15, 0.2) is 23.7 Å². The van der Waals surface area contributed by atoms with Crippen LogP contribution >= 0.6 is 0 Å². The first-order valence-electron chi connectivity index (χ1n) is 18.6. The Labute approximate surface area is 325 Å². The van der Waals surface area contributed by atoms with E-state index in [1.807, 2.05) is 6.92 Å². The first-order chi connectivity index (χ1) is 26.4. The van der Waals surface area contributed by atoms with Crippen LogP contribution in [0.5, 0.6) is 5.75 Å². The van der Waals surface area contributed by atoms with E-state index in [4.69, 9.17) is 31.4 Å². The number of hydrogen-bond acceptors (Lipinski definition) is 15. The smallest absolute Gasteiger partial charge is 0.339 e. The molecule has 0 bridgehead atoms. The number of amides is 4. The number of carboxylic acid groups (broad SMARTS) is 1. The molecule has 56 heavy (non-hydrogen) atoms. The number of rotatable bonds is 24. The molecule has 314 valence electrons. The number of ketones is 1. The highest BCUT2D eigenvalue weighted by molar-refractivity contribution is 6.09. The van der Waals surface area contributed by atoms with E-state index in [-0.39, 0.29) is 31.0 Å². The number of esters is 1. The lowest BCUT2D eigenvalue weighted by atomic mass is 9.86. The second-order valence-electron chi connectivity index (χ2n) is 13.7. The lowest BCUT2D eigenvalue weighted by Gasteiger charge is -2.48. The van der Waals surface area contributed by atoms with Gasteiger partial charge in [0, 0.05) is 32.5 Å². The largest absolute Gasteiger partial charge is 0.479 e. The van der Waals surface area contributed by atoms with Crippen LogP contribution in [0.15, 0.2) is 24.5 Å². The van der Waals surface area contributed by atoms with E-state index >= 15 is 0 Å². The van der Waals surface area contributed by atoms with Crippen LogP contribution in [-0.2, 0) is 43.0 Å². The van der Waals surface area contributed by atoms with Crippen molar-refractivity contribution in [2.45, 2.75) is 140 Å². The molecule has 0 aromatic carbocycles. The molecule has 9 atom stereocenters. The molecular formula is C36H57N7O13. The lowest BCUT2D eigenvalue weighted by molar-refractivity contribution is -0.245. The minimum Gasteiger partial charge on any atom is -0.479 e. The fourth-order valence-corrected chi connectivity index (χ4v) is 6.04. The van der Waals surface area contributed by atoms with Crippen LogP contribution in [-0.4, -0.2) is 134 Å². The number of carboxylic acids is 1. The number of hydrogen-bond donors (Lipinski definition) is 8. The molecule has 1 aromatic heterocycles. The summed E-state index contributed by atoms with van der Waals surface area (Å²) in [6.07, 6.45) is -2.25. The van der Waals surface area contributed by atoms with E-state index in [2.05, 4.69) is 15.6 Å². The van der Waals surface area contributed by atoms with Crippen molar-refractivity contribution in [3.63, 3.8) is 0 Å². The van der Waals surface area contributed by atoms with Crippen molar-refractivity contribution < 1.29 is 63.1 Å². The molecule has 0 aliphatic carbocycles. The van der Waals surface area contributed by atoms with Gasteiger partial charge in [0.05, 0.1) is 18.8 Å². The molecule has 1 fully saturated rings. The predicted octanol–water partition coefficient (Wildman–Crippen LogP) is -1.63. The number of aromatic nitrogens is 1. The van der Waals surface area contributed by atoms with Gasteiger partial charge >= 0.3 is 11.9 Å². The molecule has 11 N–H and O–H groups in total. The molecule has 20 heteroatoms. The topological polar surface area (TPSA) is 326 Å². The van der Waals surface area contributed by atoms with Crippen LogP contribution in [0.2, 0.25) is 0 Å². The van der Waals surface area contributed by atoms with Gasteiger partial charge in [-0.25, -0.2) is 9.59 Å². The Morgan fingerprint density at radius 1 is 1.09 bits per heavy atom. The number of primary amides is 1. The zero-order valence-electron chi connectivity index (χ0n) is 32.3. The Morgan fingerprint density at radius 2 is 1.79 bits per heavy atom. The van der Waals surface area contributed by atoms with Crippen molar-refractivity contribution in [2.24, 2.45) is 17.2 Å². The molecule has 20 nitrogen and oxygen atoms in total. The van der Waals surface area contributed by atoms with E-state index < -0.39 is 109 Å². The highest BCUT2D eigenvalue weighted by Gasteiger charge is 2.50. The standard InChI is InChI=1S/C36H57N7O13/c1-5-6-7-12-27(47)41-17-9-8-15-36(39,35(53)55-23-11-10-16-40-18-23)26(46)14-13-24(31(38)49)42-32(50)20(2)43(22(4)45)33-28(37)30(54-21(3)34(51)52)29(48)25(19-44)56-33/h10-11,16,18,20-21,24-25,28-30,33,44,48H,5-9,12-15,17,19,37,39H2,1-4H3,(H2,38,49)(H,41,47)(H,42,50)(H,51,52)/t20-,21+,24+,25+,28+,29+,30+,33?,36+/m0/s1. The number of pyridine rings is 1. The molecule has 0 spiro atoms. The predicted molar refractivity (Wildman–Crippen MR) is 197 cm³/mol. The molecule has 2 heterocycles. The third kappa shape index (κ3) is 13.6. The van der Waals surface area contributed by atoms with Crippen molar-refractivity contribution in [1.29, 1.82) is 0 Å². The second-order valence-corrected chi connectivity index (χ2v) is 13.7. The summed E-state index contributed by atoms with van der Waals surface area (Å²) in [6.45, 7) is 5.04. The van der Waals surface area contributed by atoms with Crippen molar-refractivity contribution in [2.75, 3.05) is 13.2 Å². The number of aliphatic hydroxyl groups is 2. The van der Waals surface area contributed by atoms with Gasteiger partial charge in [-0.05, 0) is 58.1 Å². The van der Waals surface area contributed by atoms with Gasteiger partial charge in [-0.1, -0.05) is 19.8 Å². The third-order valence-electron chi connectivity index (χ3n) is 9.42. The summed E-state index contributed by atoms with van der Waals surface area (Å²) in [6, 6.07) is -1.44. The summed E-state index contributed by atoms with van der Waals surface area (Å²) >= 11 is 0. The van der Waals surface area contributed by atoms with E-state index in [9.17, 15) is 48.9 Å². The number of aliphatic carboxylic acids is 1. The Morgan fingerprint density at radius 3 is 2.36 bits per heavy atom. The summed E-state index contributed by atoms with van der Waals surface area (Å²) in [4.78, 5) is 94.4. The highest BCUT2D eigenvalue weighted by atomic mass is 16.6. The van der Waals surface area contributed by atoms with Crippen molar-refractivity contribution in [1.82, 2.24) is 20.5 Å². The highest BCUT2D eigenvalue weighted by Crippen LogP contribution is 2.27. The Bertz CT molecular complexity index is 1500. The minimum atomic E-state index is -2.20. The molecular weight excluding hydrogens is 738 g/mol. The summed E-state index contributed by atoms with van der Waals surface area (Å²) in [5, 5.41) is 35.1. The first-order valence-corrected chi connectivity index (χ1v) is 18.6. The average Bonchev–Trinajstić information content (AvgIpc) is 3.15. The van der Waals surface area contributed by atoms with E-state index in [1.165, 1.54) is 38.4 Å². The Balaban J connectivity index is 2.21. The molecule has 1 aromatic rings. The van der Waals surface area contributed by atoms with Gasteiger partial charge in [-0.2, -0.15) is 0 Å². The van der Waals surface area contributed by atoms with Crippen molar-refractivity contribution >= 4 is 41.4 Å². The molecule has 0 radical (unpaired) electrons. The third-order valence-corrected chi connectivity index (χ3v) is 9.42. The minimum absolute atomic E-state index is 0.0292. The summed E-state index contributed by atoms with van der Waals surface area (Å²) in [7, 11) is 0. The quantitative estimate of drug-likeness (QED) is 0.0331. The number of nitrogens with zero attached hydrogens (tertiary/aromatic N) is 2. The zero-order valence-corrected chi connectivity index (χ0v) is 32.3. The molecule has 1 unspecified atom stereocenters. The Kier molecular flexibility index (Phi) is 19.4. The molecule has 1 aliphatic heterocycles. The molecule has 0 saturated carbocycles. The van der Waals surface area contributed by atoms with Gasteiger partial charge in [0.2, 0.25) is 23.6 Å². The van der Waals surface area contributed by atoms with E-state index in [0.717, 1.165) is 31.1 Å². The molecule has 2 rings (SSSR count). The first kappa shape index (κ1) is 47.6. The van der Waals surface area contributed by atoms with Crippen LogP contribution in [0.4, 0.5) is 0 Å². The second kappa shape index (κ2) is 22.8. The maximum Gasteiger partial charge on any atom is 0.339 e. The molecule has 1 saturated heterocycles. The van der Waals surface area contributed by atoms with Crippen LogP contribution in [0.3, 0.4) is 0 Å². The van der Waals surface area contributed by atoms with Gasteiger partial charge in [-0.3, -0.25) is 29.0 Å². The van der Waals surface area contributed by atoms with Gasteiger partial charge in [0.1, 0.15) is 36.1 Å². The zero-order chi connectivity index (χ0) is 42.2. The van der Waals surface area contributed by atoms with Crippen LogP contribution in [0, 0.1) is 0 Å². The van der Waals surface area contributed by atoms with Gasteiger partial charge in [0.25, 0.3) is 0 Å².